The minimum absolute atomic E-state index is 0.247. The second-order valence-electron chi connectivity index (χ2n) is 5.43. The van der Waals surface area contributed by atoms with Gasteiger partial charge in [-0.05, 0) is 42.4 Å². The first kappa shape index (κ1) is 13.7. The molecule has 1 aliphatic rings. The maximum atomic E-state index is 11.0. The summed E-state index contributed by atoms with van der Waals surface area (Å²) in [6.07, 6.45) is 3.06. The monoisotopic (exact) mass is 268 g/mol. The van der Waals surface area contributed by atoms with E-state index in [9.17, 15) is 5.11 Å². The molecule has 0 bridgehead atoms. The van der Waals surface area contributed by atoms with Crippen LogP contribution in [0.1, 0.15) is 38.7 Å². The highest BCUT2D eigenvalue weighted by Crippen LogP contribution is 2.45. The van der Waals surface area contributed by atoms with Gasteiger partial charge in [0.25, 0.3) is 0 Å². The maximum Gasteiger partial charge on any atom is 0.137 e. The Bertz CT molecular complexity index is 433. The van der Waals surface area contributed by atoms with Gasteiger partial charge >= 0.3 is 0 Å². The zero-order valence-corrected chi connectivity index (χ0v) is 12.0. The molecule has 3 atom stereocenters. The second kappa shape index (κ2) is 5.10. The molecule has 3 unspecified atom stereocenters. The van der Waals surface area contributed by atoms with E-state index in [1.54, 1.807) is 13.2 Å². The molecule has 0 spiro atoms. The molecule has 1 fully saturated rings. The van der Waals surface area contributed by atoms with Crippen molar-refractivity contribution >= 4 is 11.6 Å². The summed E-state index contributed by atoms with van der Waals surface area (Å²) in [6.45, 7) is 4.34. The predicted octanol–water partition coefficient (Wildman–Crippen LogP) is 3.99. The number of halogens is 1. The van der Waals surface area contributed by atoms with E-state index in [1.807, 2.05) is 12.1 Å². The summed E-state index contributed by atoms with van der Waals surface area (Å²) in [5.74, 6) is 1.41. The van der Waals surface area contributed by atoms with Crippen molar-refractivity contribution in [3.8, 4) is 5.75 Å². The van der Waals surface area contributed by atoms with Crippen molar-refractivity contribution < 1.29 is 9.84 Å². The summed E-state index contributed by atoms with van der Waals surface area (Å²) in [5.41, 5.74) is 0.165. The zero-order chi connectivity index (χ0) is 13.3. The minimum atomic E-state index is -0.754. The van der Waals surface area contributed by atoms with Gasteiger partial charge in [-0.15, -0.1) is 0 Å². The Hall–Kier alpha value is -0.730. The molecule has 0 amide bonds. The van der Waals surface area contributed by atoms with Crippen molar-refractivity contribution in [2.24, 2.45) is 11.8 Å². The van der Waals surface area contributed by atoms with E-state index in [0.717, 1.165) is 18.4 Å². The van der Waals surface area contributed by atoms with Crippen molar-refractivity contribution in [1.82, 2.24) is 0 Å². The topological polar surface area (TPSA) is 29.5 Å². The average Bonchev–Trinajstić information content (AvgIpc) is 2.36. The van der Waals surface area contributed by atoms with Gasteiger partial charge in [0.15, 0.2) is 0 Å². The number of hydrogen-bond donors (Lipinski definition) is 1. The van der Waals surface area contributed by atoms with Crippen LogP contribution in [0.25, 0.3) is 0 Å². The molecule has 0 radical (unpaired) electrons. The normalized spacial score (nSPS) is 32.3. The third-order valence-corrected chi connectivity index (χ3v) is 4.79. The van der Waals surface area contributed by atoms with Crippen LogP contribution >= 0.6 is 11.6 Å². The standard InChI is InChI=1S/C15H21ClO2/c1-10-5-4-8-15(17,11(10)2)12-6-7-13(16)14(9-12)18-3/h6-7,9-11,17H,4-5,8H2,1-3H3. The van der Waals surface area contributed by atoms with Crippen molar-refractivity contribution in [2.75, 3.05) is 7.11 Å². The predicted molar refractivity (Wildman–Crippen MR) is 74.1 cm³/mol. The number of ether oxygens (including phenoxy) is 1. The van der Waals surface area contributed by atoms with Crippen LogP contribution < -0.4 is 4.74 Å². The first-order valence-electron chi connectivity index (χ1n) is 6.55. The minimum Gasteiger partial charge on any atom is -0.495 e. The van der Waals surface area contributed by atoms with Crippen LogP contribution in [0.2, 0.25) is 5.02 Å². The fourth-order valence-electron chi connectivity index (χ4n) is 2.98. The molecule has 1 aromatic rings. The summed E-state index contributed by atoms with van der Waals surface area (Å²) in [7, 11) is 1.60. The lowest BCUT2D eigenvalue weighted by Crippen LogP contribution is -2.40. The average molecular weight is 269 g/mol. The van der Waals surface area contributed by atoms with Gasteiger partial charge in [-0.1, -0.05) is 37.9 Å². The summed E-state index contributed by atoms with van der Waals surface area (Å²) in [4.78, 5) is 0. The second-order valence-corrected chi connectivity index (χ2v) is 5.84. The number of methoxy groups -OCH3 is 1. The number of rotatable bonds is 2. The molecule has 2 nitrogen and oxygen atoms in total. The van der Waals surface area contributed by atoms with E-state index >= 15 is 0 Å². The highest BCUT2D eigenvalue weighted by molar-refractivity contribution is 6.32. The van der Waals surface area contributed by atoms with Gasteiger partial charge in [-0.3, -0.25) is 0 Å². The van der Waals surface area contributed by atoms with Crippen LogP contribution in [0.3, 0.4) is 0 Å². The fourth-order valence-corrected chi connectivity index (χ4v) is 3.17. The fraction of sp³-hybridized carbons (Fsp3) is 0.600. The molecule has 18 heavy (non-hydrogen) atoms. The number of benzene rings is 1. The van der Waals surface area contributed by atoms with E-state index in [2.05, 4.69) is 13.8 Å². The van der Waals surface area contributed by atoms with Crippen LogP contribution in [0.4, 0.5) is 0 Å². The van der Waals surface area contributed by atoms with Gasteiger partial charge in [-0.25, -0.2) is 0 Å². The van der Waals surface area contributed by atoms with Crippen LogP contribution in [0.5, 0.6) is 5.75 Å². The molecule has 0 aromatic heterocycles. The van der Waals surface area contributed by atoms with Crippen LogP contribution in [0, 0.1) is 11.8 Å². The maximum absolute atomic E-state index is 11.0. The lowest BCUT2D eigenvalue weighted by atomic mass is 9.67. The van der Waals surface area contributed by atoms with E-state index in [1.165, 1.54) is 6.42 Å². The summed E-state index contributed by atoms with van der Waals surface area (Å²) in [5, 5.41) is 11.6. The smallest absolute Gasteiger partial charge is 0.137 e. The molecule has 2 rings (SSSR count). The molecule has 100 valence electrons. The third-order valence-electron chi connectivity index (χ3n) is 4.48. The Morgan fingerprint density at radius 3 is 2.78 bits per heavy atom. The lowest BCUT2D eigenvalue weighted by Gasteiger charge is -2.42. The van der Waals surface area contributed by atoms with Crippen LogP contribution in [-0.4, -0.2) is 12.2 Å². The van der Waals surface area contributed by atoms with Gasteiger partial charge in [0.2, 0.25) is 0 Å². The molecule has 0 heterocycles. The largest absolute Gasteiger partial charge is 0.495 e. The molecule has 0 aliphatic heterocycles. The lowest BCUT2D eigenvalue weighted by molar-refractivity contribution is -0.0689. The molecule has 3 heteroatoms. The van der Waals surface area contributed by atoms with Crippen molar-refractivity contribution in [3.63, 3.8) is 0 Å². The van der Waals surface area contributed by atoms with Gasteiger partial charge in [0.1, 0.15) is 5.75 Å². The van der Waals surface area contributed by atoms with Crippen molar-refractivity contribution in [2.45, 2.75) is 38.7 Å². The summed E-state index contributed by atoms with van der Waals surface area (Å²) in [6, 6.07) is 5.59. The Morgan fingerprint density at radius 2 is 2.11 bits per heavy atom. The van der Waals surface area contributed by atoms with E-state index in [0.29, 0.717) is 16.7 Å². The Balaban J connectivity index is 2.40. The zero-order valence-electron chi connectivity index (χ0n) is 11.2. The Morgan fingerprint density at radius 1 is 1.39 bits per heavy atom. The first-order valence-corrected chi connectivity index (χ1v) is 6.93. The Labute approximate surface area is 114 Å². The molecule has 1 saturated carbocycles. The molecule has 1 aliphatic carbocycles. The van der Waals surface area contributed by atoms with Gasteiger partial charge in [0, 0.05) is 0 Å². The first-order chi connectivity index (χ1) is 8.49. The molecular formula is C15H21ClO2. The van der Waals surface area contributed by atoms with Gasteiger partial charge in [0.05, 0.1) is 17.7 Å². The third kappa shape index (κ3) is 2.24. The summed E-state index contributed by atoms with van der Waals surface area (Å²) < 4.78 is 5.24. The number of aliphatic hydroxyl groups is 1. The molecular weight excluding hydrogens is 248 g/mol. The van der Waals surface area contributed by atoms with Crippen molar-refractivity contribution in [1.29, 1.82) is 0 Å². The highest BCUT2D eigenvalue weighted by atomic mass is 35.5. The molecule has 1 N–H and O–H groups in total. The molecule has 0 saturated heterocycles. The highest BCUT2D eigenvalue weighted by Gasteiger charge is 2.41. The van der Waals surface area contributed by atoms with Crippen LogP contribution in [-0.2, 0) is 5.60 Å². The quantitative estimate of drug-likeness (QED) is 0.879. The molecule has 1 aromatic carbocycles. The Kier molecular flexibility index (Phi) is 3.88. The van der Waals surface area contributed by atoms with Gasteiger partial charge < -0.3 is 9.84 Å². The SMILES string of the molecule is COc1cc(C2(O)CCCC(C)C2C)ccc1Cl. The van der Waals surface area contributed by atoms with Crippen LogP contribution in [0.15, 0.2) is 18.2 Å². The van der Waals surface area contributed by atoms with E-state index in [4.69, 9.17) is 16.3 Å². The van der Waals surface area contributed by atoms with E-state index < -0.39 is 5.60 Å². The van der Waals surface area contributed by atoms with Crippen molar-refractivity contribution in [3.05, 3.63) is 28.8 Å². The van der Waals surface area contributed by atoms with E-state index in [-0.39, 0.29) is 5.92 Å². The van der Waals surface area contributed by atoms with Gasteiger partial charge in [-0.2, -0.15) is 0 Å². The number of hydrogen-bond acceptors (Lipinski definition) is 2. The summed E-state index contributed by atoms with van der Waals surface area (Å²) >= 11 is 6.04.